The topological polar surface area (TPSA) is 62.3 Å². The van der Waals surface area contributed by atoms with E-state index in [0.717, 1.165) is 36.3 Å². The first-order chi connectivity index (χ1) is 11.1. The number of aromatic nitrogens is 1. The van der Waals surface area contributed by atoms with Crippen LogP contribution in [0.25, 0.3) is 11.3 Å². The second kappa shape index (κ2) is 6.50. The van der Waals surface area contributed by atoms with E-state index in [4.69, 9.17) is 0 Å². The van der Waals surface area contributed by atoms with Crippen LogP contribution in [0.2, 0.25) is 0 Å². The van der Waals surface area contributed by atoms with E-state index in [1.165, 1.54) is 16.9 Å². The number of nitrogens with zero attached hydrogens (tertiary/aromatic N) is 2. The highest BCUT2D eigenvalue weighted by atomic mass is 32.1. The van der Waals surface area contributed by atoms with E-state index in [1.807, 2.05) is 24.4 Å². The smallest absolute Gasteiger partial charge is 0.226 e. The Labute approximate surface area is 139 Å². The van der Waals surface area contributed by atoms with Gasteiger partial charge in [-0.15, -0.1) is 11.3 Å². The zero-order valence-corrected chi connectivity index (χ0v) is 14.1. The maximum Gasteiger partial charge on any atom is 0.226 e. The van der Waals surface area contributed by atoms with E-state index in [0.29, 0.717) is 11.6 Å². The van der Waals surface area contributed by atoms with Gasteiger partial charge in [0.15, 0.2) is 5.13 Å². The van der Waals surface area contributed by atoms with Gasteiger partial charge in [0.1, 0.15) is 0 Å². The molecule has 0 unspecified atom stereocenters. The summed E-state index contributed by atoms with van der Waals surface area (Å²) in [7, 11) is 0. The monoisotopic (exact) mass is 329 g/mol. The highest BCUT2D eigenvalue weighted by molar-refractivity contribution is 7.14. The third-order valence-electron chi connectivity index (χ3n) is 3.88. The molecule has 1 aliphatic rings. The number of hydrogen-bond acceptors (Lipinski definition) is 4. The number of amides is 2. The highest BCUT2D eigenvalue weighted by Crippen LogP contribution is 2.33. The Morgan fingerprint density at radius 3 is 2.96 bits per heavy atom. The number of benzene rings is 1. The summed E-state index contributed by atoms with van der Waals surface area (Å²) in [5.41, 5.74) is 4.03. The van der Waals surface area contributed by atoms with Gasteiger partial charge >= 0.3 is 0 Å². The summed E-state index contributed by atoms with van der Waals surface area (Å²) < 4.78 is 0. The van der Waals surface area contributed by atoms with E-state index in [2.05, 4.69) is 16.4 Å². The lowest BCUT2D eigenvalue weighted by molar-refractivity contribution is -0.117. The normalized spacial score (nSPS) is 13.0. The largest absolute Gasteiger partial charge is 0.312 e. The van der Waals surface area contributed by atoms with E-state index < -0.39 is 0 Å². The third-order valence-corrected chi connectivity index (χ3v) is 4.64. The van der Waals surface area contributed by atoms with Crippen molar-refractivity contribution in [2.45, 2.75) is 33.1 Å². The molecule has 5 nitrogen and oxygen atoms in total. The number of hydrogen-bond donors (Lipinski definition) is 1. The van der Waals surface area contributed by atoms with Crippen molar-refractivity contribution in [1.29, 1.82) is 0 Å². The predicted molar refractivity (Wildman–Crippen MR) is 92.8 cm³/mol. The molecule has 0 atom stereocenters. The van der Waals surface area contributed by atoms with Gasteiger partial charge < -0.3 is 10.2 Å². The van der Waals surface area contributed by atoms with Crippen molar-refractivity contribution in [3.8, 4) is 11.3 Å². The van der Waals surface area contributed by atoms with E-state index in [9.17, 15) is 9.59 Å². The molecular formula is C17H19N3O2S. The minimum Gasteiger partial charge on any atom is -0.312 e. The van der Waals surface area contributed by atoms with Crippen molar-refractivity contribution in [3.05, 3.63) is 29.1 Å². The highest BCUT2D eigenvalue weighted by Gasteiger charge is 2.22. The molecule has 3 rings (SSSR count). The molecule has 1 aromatic heterocycles. The Morgan fingerprint density at radius 1 is 1.39 bits per heavy atom. The summed E-state index contributed by atoms with van der Waals surface area (Å²) in [5.74, 6) is 0.0746. The summed E-state index contributed by atoms with van der Waals surface area (Å²) in [5, 5.41) is 5.40. The van der Waals surface area contributed by atoms with Gasteiger partial charge in [-0.1, -0.05) is 13.0 Å². The average molecular weight is 329 g/mol. The van der Waals surface area contributed by atoms with Crippen LogP contribution >= 0.6 is 11.3 Å². The van der Waals surface area contributed by atoms with Crippen LogP contribution in [-0.2, 0) is 16.0 Å². The van der Waals surface area contributed by atoms with Gasteiger partial charge in [-0.3, -0.25) is 9.59 Å². The summed E-state index contributed by atoms with van der Waals surface area (Å²) >= 11 is 1.43. The Bertz CT molecular complexity index is 754. The Kier molecular flexibility index (Phi) is 4.43. The number of anilines is 2. The van der Waals surface area contributed by atoms with E-state index in [-0.39, 0.29) is 11.8 Å². The number of thiazole rings is 1. The molecule has 6 heteroatoms. The summed E-state index contributed by atoms with van der Waals surface area (Å²) in [6.45, 7) is 4.31. The first-order valence-corrected chi connectivity index (χ1v) is 8.63. The second-order valence-corrected chi connectivity index (χ2v) is 6.46. The van der Waals surface area contributed by atoms with Crippen LogP contribution in [0.1, 0.15) is 32.3 Å². The van der Waals surface area contributed by atoms with Crippen molar-refractivity contribution in [2.24, 2.45) is 0 Å². The molecule has 120 valence electrons. The van der Waals surface area contributed by atoms with Crippen LogP contribution in [0, 0.1) is 0 Å². The standard InChI is InChI=1S/C17H19N3O2S/c1-3-4-16(22)19-17-18-14(10-23-17)12-5-6-15-13(9-12)7-8-20(15)11(2)21/h5-6,9-10H,3-4,7-8H2,1-2H3,(H,18,19,22). The van der Waals surface area contributed by atoms with Crippen LogP contribution in [-0.4, -0.2) is 23.3 Å². The van der Waals surface area contributed by atoms with E-state index >= 15 is 0 Å². The van der Waals surface area contributed by atoms with Crippen molar-refractivity contribution < 1.29 is 9.59 Å². The van der Waals surface area contributed by atoms with Gasteiger partial charge in [0, 0.05) is 36.5 Å². The molecule has 0 spiro atoms. The minimum atomic E-state index is -0.000506. The molecule has 0 aliphatic carbocycles. The lowest BCUT2D eigenvalue weighted by Gasteiger charge is -2.14. The molecule has 0 saturated carbocycles. The Morgan fingerprint density at radius 2 is 2.22 bits per heavy atom. The predicted octanol–water partition coefficient (Wildman–Crippen LogP) is 3.46. The van der Waals surface area contributed by atoms with Gasteiger partial charge in [-0.2, -0.15) is 0 Å². The molecule has 1 aliphatic heterocycles. The van der Waals surface area contributed by atoms with Crippen LogP contribution in [0.4, 0.5) is 10.8 Å². The lowest BCUT2D eigenvalue weighted by atomic mass is 10.1. The van der Waals surface area contributed by atoms with Gasteiger partial charge in [-0.05, 0) is 30.5 Å². The Hall–Kier alpha value is -2.21. The summed E-state index contributed by atoms with van der Waals surface area (Å²) in [4.78, 5) is 29.5. The van der Waals surface area contributed by atoms with Crippen LogP contribution in [0.15, 0.2) is 23.6 Å². The SMILES string of the molecule is CCCC(=O)Nc1nc(-c2ccc3c(c2)CCN3C(C)=O)cs1. The van der Waals surface area contributed by atoms with Crippen LogP contribution < -0.4 is 10.2 Å². The zero-order valence-electron chi connectivity index (χ0n) is 13.3. The molecule has 0 radical (unpaired) electrons. The van der Waals surface area contributed by atoms with E-state index in [1.54, 1.807) is 11.8 Å². The molecule has 2 amide bonds. The van der Waals surface area contributed by atoms with Gasteiger partial charge in [-0.25, -0.2) is 4.98 Å². The maximum atomic E-state index is 11.6. The lowest BCUT2D eigenvalue weighted by Crippen LogP contribution is -2.25. The van der Waals surface area contributed by atoms with Crippen molar-refractivity contribution >= 4 is 34.0 Å². The molecule has 0 fully saturated rings. The molecule has 2 heterocycles. The first kappa shape index (κ1) is 15.7. The number of carbonyl (C=O) groups excluding carboxylic acids is 2. The van der Waals surface area contributed by atoms with Crippen molar-refractivity contribution in [2.75, 3.05) is 16.8 Å². The number of nitrogens with one attached hydrogen (secondary N) is 1. The molecule has 1 N–H and O–H groups in total. The first-order valence-electron chi connectivity index (χ1n) is 7.75. The summed E-state index contributed by atoms with van der Waals surface area (Å²) in [6, 6.07) is 6.05. The van der Waals surface area contributed by atoms with Crippen molar-refractivity contribution in [3.63, 3.8) is 0 Å². The quantitative estimate of drug-likeness (QED) is 0.934. The van der Waals surface area contributed by atoms with Gasteiger partial charge in [0.25, 0.3) is 0 Å². The number of fused-ring (bicyclic) bond motifs is 1. The number of carbonyl (C=O) groups is 2. The van der Waals surface area contributed by atoms with Crippen LogP contribution in [0.3, 0.4) is 0 Å². The fraction of sp³-hybridized carbons (Fsp3) is 0.353. The fourth-order valence-electron chi connectivity index (χ4n) is 2.76. The molecule has 1 aromatic carbocycles. The zero-order chi connectivity index (χ0) is 16.4. The maximum absolute atomic E-state index is 11.6. The average Bonchev–Trinajstić information content (AvgIpc) is 3.13. The molecule has 0 saturated heterocycles. The van der Waals surface area contributed by atoms with Crippen LogP contribution in [0.5, 0.6) is 0 Å². The van der Waals surface area contributed by atoms with Crippen molar-refractivity contribution in [1.82, 2.24) is 4.98 Å². The number of rotatable bonds is 4. The second-order valence-electron chi connectivity index (χ2n) is 5.60. The Balaban J connectivity index is 1.80. The van der Waals surface area contributed by atoms with Gasteiger partial charge in [0.05, 0.1) is 5.69 Å². The third kappa shape index (κ3) is 3.27. The fourth-order valence-corrected chi connectivity index (χ4v) is 3.50. The molecule has 23 heavy (non-hydrogen) atoms. The molecular weight excluding hydrogens is 310 g/mol. The molecule has 2 aromatic rings. The molecule has 0 bridgehead atoms. The van der Waals surface area contributed by atoms with Gasteiger partial charge in [0.2, 0.25) is 11.8 Å². The minimum absolute atomic E-state index is 0.000506. The summed E-state index contributed by atoms with van der Waals surface area (Å²) in [6.07, 6.45) is 2.20.